The van der Waals surface area contributed by atoms with Gasteiger partial charge in [0.2, 0.25) is 17.8 Å². The highest BCUT2D eigenvalue weighted by molar-refractivity contribution is 5.85. The van der Waals surface area contributed by atoms with Crippen LogP contribution >= 0.6 is 0 Å². The van der Waals surface area contributed by atoms with Gasteiger partial charge in [-0.05, 0) is 46.6 Å². The molecule has 0 saturated carbocycles. The predicted molar refractivity (Wildman–Crippen MR) is 141 cm³/mol. The van der Waals surface area contributed by atoms with E-state index < -0.39 is 23.7 Å². The van der Waals surface area contributed by atoms with Crippen LogP contribution in [-0.2, 0) is 9.53 Å². The fraction of sp³-hybridized carbons (Fsp3) is 0.500. The minimum absolute atomic E-state index is 0.266. The normalized spacial score (nSPS) is 11.5. The summed E-state index contributed by atoms with van der Waals surface area (Å²) >= 11 is 0. The van der Waals surface area contributed by atoms with E-state index in [1.54, 1.807) is 40.0 Å². The zero-order valence-corrected chi connectivity index (χ0v) is 22.3. The molecule has 0 bridgehead atoms. The summed E-state index contributed by atoms with van der Waals surface area (Å²) in [4.78, 5) is 38.1. The van der Waals surface area contributed by atoms with Crippen LogP contribution in [-0.4, -0.2) is 63.6 Å². The first-order chi connectivity index (χ1) is 17.5. The molecule has 2 aromatic rings. The van der Waals surface area contributed by atoms with Crippen LogP contribution in [0.15, 0.2) is 24.5 Å². The molecule has 0 aliphatic carbocycles. The van der Waals surface area contributed by atoms with Crippen molar-refractivity contribution in [3.05, 3.63) is 36.0 Å². The number of anilines is 3. The standard InChI is InChI=1S/C26H36FN7O3/c1-7-13-29-22-19(17-31-24(33-22)32-20-12-15-28-21(27)16-20)11-9-8-10-14-30-23(35)18(2)34(6)25(36)37-26(3,4)5/h12,15-18H,7-8,10,13-14H2,1-6H3,(H,30,35)(H2,28,29,31,32,33)/t18-/m0/s1. The number of nitrogens with one attached hydrogen (secondary N) is 3. The lowest BCUT2D eigenvalue weighted by Gasteiger charge is -2.28. The van der Waals surface area contributed by atoms with Gasteiger partial charge in [0.1, 0.15) is 17.5 Å². The summed E-state index contributed by atoms with van der Waals surface area (Å²) < 4.78 is 18.6. The number of ether oxygens (including phenoxy) is 1. The van der Waals surface area contributed by atoms with E-state index in [9.17, 15) is 14.0 Å². The fourth-order valence-electron chi connectivity index (χ4n) is 2.88. The van der Waals surface area contributed by atoms with Crippen LogP contribution in [0.4, 0.5) is 26.6 Å². The second kappa shape index (κ2) is 14.0. The molecular weight excluding hydrogens is 477 g/mol. The zero-order valence-electron chi connectivity index (χ0n) is 22.3. The molecule has 2 heterocycles. The molecule has 2 rings (SSSR count). The lowest BCUT2D eigenvalue weighted by atomic mass is 10.2. The number of aromatic nitrogens is 3. The Balaban J connectivity index is 1.89. The van der Waals surface area contributed by atoms with Crippen molar-refractivity contribution in [2.45, 2.75) is 65.5 Å². The Bertz CT molecular complexity index is 1130. The Kier molecular flexibility index (Phi) is 11.1. The second-order valence-corrected chi connectivity index (χ2v) is 9.34. The van der Waals surface area contributed by atoms with Crippen LogP contribution in [0.5, 0.6) is 0 Å². The molecule has 0 unspecified atom stereocenters. The Morgan fingerprint density at radius 3 is 2.68 bits per heavy atom. The van der Waals surface area contributed by atoms with Gasteiger partial charge >= 0.3 is 6.09 Å². The van der Waals surface area contributed by atoms with Crippen LogP contribution in [0.3, 0.4) is 0 Å². The molecule has 3 N–H and O–H groups in total. The summed E-state index contributed by atoms with van der Waals surface area (Å²) in [6, 6.07) is 2.21. The predicted octanol–water partition coefficient (Wildman–Crippen LogP) is 4.08. The minimum Gasteiger partial charge on any atom is -0.444 e. The van der Waals surface area contributed by atoms with Crippen molar-refractivity contribution < 1.29 is 18.7 Å². The van der Waals surface area contributed by atoms with Crippen LogP contribution in [0.2, 0.25) is 0 Å². The van der Waals surface area contributed by atoms with E-state index in [-0.39, 0.29) is 5.91 Å². The van der Waals surface area contributed by atoms with Gasteiger partial charge in [-0.3, -0.25) is 9.69 Å². The Morgan fingerprint density at radius 1 is 1.24 bits per heavy atom. The highest BCUT2D eigenvalue weighted by atomic mass is 19.1. The molecule has 0 fully saturated rings. The topological polar surface area (TPSA) is 121 Å². The Morgan fingerprint density at radius 2 is 2.00 bits per heavy atom. The summed E-state index contributed by atoms with van der Waals surface area (Å²) in [5.74, 6) is 6.17. The summed E-state index contributed by atoms with van der Waals surface area (Å²) in [5, 5.41) is 9.01. The van der Waals surface area contributed by atoms with Gasteiger partial charge in [0.15, 0.2) is 0 Å². The first-order valence-electron chi connectivity index (χ1n) is 12.2. The van der Waals surface area contributed by atoms with Gasteiger partial charge in [-0.15, -0.1) is 0 Å². The third kappa shape index (κ3) is 10.3. The largest absolute Gasteiger partial charge is 0.444 e. The number of likely N-dealkylation sites (N-methyl/N-ethyl adjacent to an activating group) is 1. The second-order valence-electron chi connectivity index (χ2n) is 9.34. The van der Waals surface area contributed by atoms with Gasteiger partial charge in [0, 0.05) is 44.5 Å². The van der Waals surface area contributed by atoms with Crippen molar-refractivity contribution in [3.63, 3.8) is 0 Å². The zero-order chi connectivity index (χ0) is 27.4. The highest BCUT2D eigenvalue weighted by Crippen LogP contribution is 2.17. The van der Waals surface area contributed by atoms with Crippen molar-refractivity contribution in [1.82, 2.24) is 25.2 Å². The smallest absolute Gasteiger partial charge is 0.410 e. The van der Waals surface area contributed by atoms with Crippen molar-refractivity contribution in [2.24, 2.45) is 0 Å². The van der Waals surface area contributed by atoms with Gasteiger partial charge in [-0.25, -0.2) is 14.8 Å². The van der Waals surface area contributed by atoms with E-state index >= 15 is 0 Å². The van der Waals surface area contributed by atoms with Gasteiger partial charge in [-0.1, -0.05) is 18.8 Å². The number of nitrogens with zero attached hydrogens (tertiary/aromatic N) is 4. The van der Waals surface area contributed by atoms with E-state index in [1.807, 2.05) is 6.92 Å². The summed E-state index contributed by atoms with van der Waals surface area (Å²) in [7, 11) is 1.53. The van der Waals surface area contributed by atoms with E-state index in [1.165, 1.54) is 24.2 Å². The molecule has 0 spiro atoms. The number of carbonyl (C=O) groups is 2. The molecule has 1 atom stereocenters. The lowest BCUT2D eigenvalue weighted by molar-refractivity contribution is -0.125. The van der Waals surface area contributed by atoms with E-state index in [2.05, 4.69) is 42.7 Å². The summed E-state index contributed by atoms with van der Waals surface area (Å²) in [5.41, 5.74) is 0.491. The molecule has 10 nitrogen and oxygen atoms in total. The van der Waals surface area contributed by atoms with Crippen LogP contribution < -0.4 is 16.0 Å². The first-order valence-corrected chi connectivity index (χ1v) is 12.2. The SMILES string of the molecule is CCCNc1nc(Nc2ccnc(F)c2)ncc1C#CCCCNC(=O)[C@H](C)N(C)C(=O)OC(C)(C)C. The number of amides is 2. The number of hydrogen-bond acceptors (Lipinski definition) is 8. The van der Waals surface area contributed by atoms with E-state index in [4.69, 9.17) is 4.74 Å². The number of halogens is 1. The maximum Gasteiger partial charge on any atom is 0.410 e. The summed E-state index contributed by atoms with van der Waals surface area (Å²) in [6.07, 6.45) is 4.48. The first kappa shape index (κ1) is 29.3. The maximum absolute atomic E-state index is 13.3. The summed E-state index contributed by atoms with van der Waals surface area (Å²) in [6.45, 7) is 10.1. The number of carbonyl (C=O) groups excluding carboxylic acids is 2. The van der Waals surface area contributed by atoms with Gasteiger partial charge in [0.05, 0.1) is 11.8 Å². The van der Waals surface area contributed by atoms with Gasteiger partial charge in [0.25, 0.3) is 0 Å². The fourth-order valence-corrected chi connectivity index (χ4v) is 2.88. The van der Waals surface area contributed by atoms with Crippen molar-refractivity contribution in [3.8, 4) is 11.8 Å². The van der Waals surface area contributed by atoms with Crippen LogP contribution in [0.25, 0.3) is 0 Å². The maximum atomic E-state index is 13.3. The molecule has 0 aliphatic heterocycles. The molecule has 2 aromatic heterocycles. The minimum atomic E-state index is -0.666. The van der Waals surface area contributed by atoms with E-state index in [0.29, 0.717) is 48.9 Å². The monoisotopic (exact) mass is 513 g/mol. The van der Waals surface area contributed by atoms with Crippen molar-refractivity contribution in [2.75, 3.05) is 30.8 Å². The number of pyridine rings is 1. The van der Waals surface area contributed by atoms with Gasteiger partial charge < -0.3 is 20.7 Å². The van der Waals surface area contributed by atoms with Gasteiger partial charge in [-0.2, -0.15) is 9.37 Å². The third-order valence-electron chi connectivity index (χ3n) is 4.96. The molecule has 0 radical (unpaired) electrons. The Labute approximate surface area is 217 Å². The average molecular weight is 514 g/mol. The number of rotatable bonds is 10. The molecule has 37 heavy (non-hydrogen) atoms. The number of unbranched alkanes of at least 4 members (excludes halogenated alkanes) is 1. The van der Waals surface area contributed by atoms with E-state index in [0.717, 1.165) is 6.42 Å². The molecule has 0 aliphatic rings. The molecule has 2 amide bonds. The molecule has 0 saturated heterocycles. The lowest BCUT2D eigenvalue weighted by Crippen LogP contribution is -2.47. The van der Waals surface area contributed by atoms with Crippen molar-refractivity contribution in [1.29, 1.82) is 0 Å². The molecule has 11 heteroatoms. The average Bonchev–Trinajstić information content (AvgIpc) is 2.83. The Hall–Kier alpha value is -3.94. The molecule has 0 aromatic carbocycles. The number of hydrogen-bond donors (Lipinski definition) is 3. The highest BCUT2D eigenvalue weighted by Gasteiger charge is 2.26. The molecule has 200 valence electrons. The quantitative estimate of drug-likeness (QED) is 0.247. The molecular formula is C26H36FN7O3. The van der Waals surface area contributed by atoms with Crippen LogP contribution in [0, 0.1) is 17.8 Å². The van der Waals surface area contributed by atoms with Crippen LogP contribution in [0.1, 0.15) is 59.4 Å². The third-order valence-corrected chi connectivity index (χ3v) is 4.96. The van der Waals surface area contributed by atoms with Crippen molar-refractivity contribution >= 4 is 29.5 Å².